The third-order valence-corrected chi connectivity index (χ3v) is 3.24. The van der Waals surface area contributed by atoms with E-state index in [1.165, 1.54) is 0 Å². The van der Waals surface area contributed by atoms with Gasteiger partial charge in [-0.05, 0) is 52.0 Å². The zero-order valence-corrected chi connectivity index (χ0v) is 16.4. The Labute approximate surface area is 152 Å². The molecule has 6 nitrogen and oxygen atoms in total. The first-order valence-electron chi connectivity index (χ1n) is 8.01. The highest BCUT2D eigenvalue weighted by molar-refractivity contribution is 9.10. The number of carbonyl (C=O) groups excluding carboxylic acids is 1. The topological polar surface area (TPSA) is 74.8 Å². The van der Waals surface area contributed by atoms with E-state index in [9.17, 15) is 4.79 Å². The fourth-order valence-corrected chi connectivity index (χ4v) is 2.08. The molecule has 24 heavy (non-hydrogen) atoms. The van der Waals surface area contributed by atoms with E-state index in [4.69, 9.17) is 4.74 Å². The molecule has 0 bridgehead atoms. The summed E-state index contributed by atoms with van der Waals surface area (Å²) in [5, 5.41) is 9.13. The van der Waals surface area contributed by atoms with E-state index in [2.05, 4.69) is 36.9 Å². The summed E-state index contributed by atoms with van der Waals surface area (Å²) in [7, 11) is 0. The lowest BCUT2D eigenvalue weighted by Gasteiger charge is -2.20. The number of hydrogen-bond donors (Lipinski definition) is 3. The molecule has 0 saturated heterocycles. The first-order chi connectivity index (χ1) is 11.3. The zero-order chi connectivity index (χ0) is 18.0. The minimum absolute atomic E-state index is 0.0835. The SMILES string of the molecule is CCNC(=NCC(=O)NC(C)(C)C)NCCOc1ccc(Br)cc1. The molecule has 134 valence electrons. The fourth-order valence-electron chi connectivity index (χ4n) is 1.82. The van der Waals surface area contributed by atoms with Crippen molar-refractivity contribution in [3.8, 4) is 5.75 Å². The highest BCUT2D eigenvalue weighted by atomic mass is 79.9. The molecule has 0 unspecified atom stereocenters. The summed E-state index contributed by atoms with van der Waals surface area (Å²) in [6, 6.07) is 7.67. The number of ether oxygens (including phenoxy) is 1. The fraction of sp³-hybridized carbons (Fsp3) is 0.529. The summed E-state index contributed by atoms with van der Waals surface area (Å²) >= 11 is 3.39. The van der Waals surface area contributed by atoms with Gasteiger partial charge in [-0.15, -0.1) is 0 Å². The standard InChI is InChI=1S/C17H27BrN4O2/c1-5-19-16(21-12-15(23)22-17(2,3)4)20-10-11-24-14-8-6-13(18)7-9-14/h6-9H,5,10-12H2,1-4H3,(H,22,23)(H2,19,20,21). The average molecular weight is 399 g/mol. The summed E-state index contributed by atoms with van der Waals surface area (Å²) in [6.45, 7) is 9.70. The van der Waals surface area contributed by atoms with E-state index in [0.29, 0.717) is 19.1 Å². The van der Waals surface area contributed by atoms with E-state index in [-0.39, 0.29) is 18.0 Å². The van der Waals surface area contributed by atoms with E-state index >= 15 is 0 Å². The van der Waals surface area contributed by atoms with Crippen molar-refractivity contribution < 1.29 is 9.53 Å². The summed E-state index contributed by atoms with van der Waals surface area (Å²) < 4.78 is 6.65. The predicted molar refractivity (Wildman–Crippen MR) is 102 cm³/mol. The van der Waals surface area contributed by atoms with Crippen molar-refractivity contribution >= 4 is 27.8 Å². The smallest absolute Gasteiger partial charge is 0.242 e. The van der Waals surface area contributed by atoms with Crippen LogP contribution in [0.2, 0.25) is 0 Å². The minimum Gasteiger partial charge on any atom is -0.492 e. The van der Waals surface area contributed by atoms with Gasteiger partial charge in [0.05, 0.1) is 6.54 Å². The Bertz CT molecular complexity index is 539. The number of hydrogen-bond acceptors (Lipinski definition) is 3. The molecule has 0 aromatic heterocycles. The predicted octanol–water partition coefficient (Wildman–Crippen LogP) is 2.30. The van der Waals surface area contributed by atoms with Crippen LogP contribution in [0.25, 0.3) is 0 Å². The van der Waals surface area contributed by atoms with Crippen LogP contribution in [0.4, 0.5) is 0 Å². The Morgan fingerprint density at radius 1 is 1.21 bits per heavy atom. The molecule has 0 atom stereocenters. The average Bonchev–Trinajstić information content (AvgIpc) is 2.49. The lowest BCUT2D eigenvalue weighted by atomic mass is 10.1. The molecule has 0 aliphatic carbocycles. The van der Waals surface area contributed by atoms with Crippen molar-refractivity contribution in [2.24, 2.45) is 4.99 Å². The summed E-state index contributed by atoms with van der Waals surface area (Å²) in [5.74, 6) is 1.30. The van der Waals surface area contributed by atoms with E-state index in [1.807, 2.05) is 52.0 Å². The van der Waals surface area contributed by atoms with Gasteiger partial charge in [0.15, 0.2) is 5.96 Å². The van der Waals surface area contributed by atoms with Crippen LogP contribution in [-0.4, -0.2) is 43.6 Å². The van der Waals surface area contributed by atoms with Crippen LogP contribution in [0, 0.1) is 0 Å². The number of nitrogens with zero attached hydrogens (tertiary/aromatic N) is 1. The van der Waals surface area contributed by atoms with Crippen molar-refractivity contribution in [1.82, 2.24) is 16.0 Å². The molecule has 1 amide bonds. The van der Waals surface area contributed by atoms with Crippen molar-refractivity contribution in [2.75, 3.05) is 26.2 Å². The quantitative estimate of drug-likeness (QED) is 0.374. The van der Waals surface area contributed by atoms with Crippen LogP contribution in [0.3, 0.4) is 0 Å². The molecule has 1 rings (SSSR count). The Hall–Kier alpha value is -1.76. The van der Waals surface area contributed by atoms with Gasteiger partial charge in [-0.2, -0.15) is 0 Å². The molecule has 1 aromatic rings. The number of nitrogens with one attached hydrogen (secondary N) is 3. The van der Waals surface area contributed by atoms with Gasteiger partial charge in [0.25, 0.3) is 0 Å². The molecule has 0 spiro atoms. The van der Waals surface area contributed by atoms with E-state index < -0.39 is 0 Å². The second kappa shape index (κ2) is 10.2. The summed E-state index contributed by atoms with van der Waals surface area (Å²) in [5.41, 5.74) is -0.253. The van der Waals surface area contributed by atoms with Crippen LogP contribution in [-0.2, 0) is 4.79 Å². The number of rotatable bonds is 7. The maximum Gasteiger partial charge on any atom is 0.242 e. The van der Waals surface area contributed by atoms with E-state index in [1.54, 1.807) is 0 Å². The summed E-state index contributed by atoms with van der Waals surface area (Å²) in [6.07, 6.45) is 0. The van der Waals surface area contributed by atoms with Gasteiger partial charge in [-0.25, -0.2) is 4.99 Å². The minimum atomic E-state index is -0.253. The van der Waals surface area contributed by atoms with Crippen LogP contribution in [0.5, 0.6) is 5.75 Å². The van der Waals surface area contributed by atoms with Gasteiger partial charge in [0.1, 0.15) is 18.9 Å². The van der Waals surface area contributed by atoms with Crippen molar-refractivity contribution in [3.05, 3.63) is 28.7 Å². The molecule has 0 heterocycles. The largest absolute Gasteiger partial charge is 0.492 e. The zero-order valence-electron chi connectivity index (χ0n) is 14.8. The van der Waals surface area contributed by atoms with Crippen molar-refractivity contribution in [2.45, 2.75) is 33.2 Å². The first kappa shape index (κ1) is 20.3. The molecule has 0 aliphatic heterocycles. The van der Waals surface area contributed by atoms with Crippen LogP contribution < -0.4 is 20.7 Å². The van der Waals surface area contributed by atoms with Gasteiger partial charge < -0.3 is 20.7 Å². The number of aliphatic imine (C=N–C) groups is 1. The highest BCUT2D eigenvalue weighted by Crippen LogP contribution is 2.15. The van der Waals surface area contributed by atoms with Crippen LogP contribution >= 0.6 is 15.9 Å². The number of benzene rings is 1. The Balaban J connectivity index is 2.37. The molecular formula is C17H27BrN4O2. The van der Waals surface area contributed by atoms with E-state index in [0.717, 1.165) is 16.8 Å². The maximum absolute atomic E-state index is 11.8. The lowest BCUT2D eigenvalue weighted by molar-refractivity contribution is -0.121. The van der Waals surface area contributed by atoms with Gasteiger partial charge in [0.2, 0.25) is 5.91 Å². The number of guanidine groups is 1. The van der Waals surface area contributed by atoms with Gasteiger partial charge in [-0.1, -0.05) is 15.9 Å². The Morgan fingerprint density at radius 2 is 1.88 bits per heavy atom. The lowest BCUT2D eigenvalue weighted by Crippen LogP contribution is -2.43. The second-order valence-corrected chi connectivity index (χ2v) is 7.14. The van der Waals surface area contributed by atoms with Gasteiger partial charge in [0, 0.05) is 16.6 Å². The molecular weight excluding hydrogens is 372 g/mol. The van der Waals surface area contributed by atoms with Crippen molar-refractivity contribution in [3.63, 3.8) is 0 Å². The number of carbonyl (C=O) groups is 1. The maximum atomic E-state index is 11.8. The molecule has 7 heteroatoms. The van der Waals surface area contributed by atoms with Crippen LogP contribution in [0.1, 0.15) is 27.7 Å². The second-order valence-electron chi connectivity index (χ2n) is 6.22. The normalized spacial score (nSPS) is 11.8. The highest BCUT2D eigenvalue weighted by Gasteiger charge is 2.13. The molecule has 0 fully saturated rings. The summed E-state index contributed by atoms with van der Waals surface area (Å²) in [4.78, 5) is 16.1. The molecule has 0 aliphatic rings. The van der Waals surface area contributed by atoms with Crippen molar-refractivity contribution in [1.29, 1.82) is 0 Å². The molecule has 3 N–H and O–H groups in total. The first-order valence-corrected chi connectivity index (χ1v) is 8.81. The monoisotopic (exact) mass is 398 g/mol. The van der Waals surface area contributed by atoms with Gasteiger partial charge in [-0.3, -0.25) is 4.79 Å². The molecule has 1 aromatic carbocycles. The Morgan fingerprint density at radius 3 is 2.46 bits per heavy atom. The molecule has 0 radical (unpaired) electrons. The number of halogens is 1. The van der Waals surface area contributed by atoms with Gasteiger partial charge >= 0.3 is 0 Å². The third kappa shape index (κ3) is 9.39. The van der Waals surface area contributed by atoms with Crippen LogP contribution in [0.15, 0.2) is 33.7 Å². The molecule has 0 saturated carbocycles. The Kier molecular flexibility index (Phi) is 8.60. The number of amides is 1. The third-order valence-electron chi connectivity index (χ3n) is 2.72.